The average Bonchev–Trinajstić information content (AvgIpc) is 2.48. The summed E-state index contributed by atoms with van der Waals surface area (Å²) in [6, 6.07) is 5.87. The van der Waals surface area contributed by atoms with Crippen LogP contribution in [0.2, 0.25) is 0 Å². The van der Waals surface area contributed by atoms with Crippen molar-refractivity contribution in [3.8, 4) is 0 Å². The Morgan fingerprint density at radius 3 is 2.71 bits per heavy atom. The van der Waals surface area contributed by atoms with Crippen molar-refractivity contribution >= 4 is 33.3 Å². The van der Waals surface area contributed by atoms with Crippen LogP contribution in [0.5, 0.6) is 0 Å². The van der Waals surface area contributed by atoms with Crippen molar-refractivity contribution in [2.45, 2.75) is 0 Å². The highest BCUT2D eigenvalue weighted by Crippen LogP contribution is 2.27. The Morgan fingerprint density at radius 2 is 2.10 bits per heavy atom. The highest BCUT2D eigenvalue weighted by atomic mass is 79.9. The number of hydrogen-bond acceptors (Lipinski definition) is 5. The topological polar surface area (TPSA) is 73.2 Å². The third-order valence-corrected chi connectivity index (χ3v) is 3.44. The Hall–Kier alpha value is -2.22. The Labute approximate surface area is 127 Å². The monoisotopic (exact) mass is 355 g/mol. The molecule has 21 heavy (non-hydrogen) atoms. The number of para-hydroxylation sites is 1. The summed E-state index contributed by atoms with van der Waals surface area (Å²) in [7, 11) is 2.59. The van der Waals surface area contributed by atoms with Crippen LogP contribution in [0.15, 0.2) is 33.5 Å². The molecule has 0 radical (unpaired) electrons. The van der Waals surface area contributed by atoms with Gasteiger partial charge >= 0.3 is 5.97 Å². The fraction of sp³-hybridized carbons (Fsp3) is 0.154. The van der Waals surface area contributed by atoms with Crippen LogP contribution in [-0.2, 0) is 11.8 Å². The lowest BCUT2D eigenvalue weighted by Crippen LogP contribution is -2.25. The number of aromatic nitrogens is 2. The molecule has 0 saturated carbocycles. The van der Waals surface area contributed by atoms with Gasteiger partial charge in [-0.2, -0.15) is 5.10 Å². The number of halogens is 2. The van der Waals surface area contributed by atoms with Crippen LogP contribution in [0.25, 0.3) is 0 Å². The van der Waals surface area contributed by atoms with Crippen LogP contribution in [0.4, 0.5) is 15.8 Å². The molecule has 1 N–H and O–H groups in total. The maximum Gasteiger partial charge on any atom is 0.360 e. The van der Waals surface area contributed by atoms with E-state index in [1.807, 2.05) is 0 Å². The van der Waals surface area contributed by atoms with Gasteiger partial charge in [-0.15, -0.1) is 0 Å². The lowest BCUT2D eigenvalue weighted by Gasteiger charge is -2.13. The van der Waals surface area contributed by atoms with E-state index in [0.29, 0.717) is 0 Å². The minimum absolute atomic E-state index is 0.0510. The van der Waals surface area contributed by atoms with Gasteiger partial charge in [0, 0.05) is 7.05 Å². The van der Waals surface area contributed by atoms with Crippen LogP contribution in [0.1, 0.15) is 10.5 Å². The zero-order valence-electron chi connectivity index (χ0n) is 11.2. The fourth-order valence-electron chi connectivity index (χ4n) is 1.65. The molecule has 1 aromatic heterocycles. The quantitative estimate of drug-likeness (QED) is 0.854. The molecular formula is C13H11BrFN3O3. The van der Waals surface area contributed by atoms with Gasteiger partial charge in [-0.3, -0.25) is 4.79 Å². The van der Waals surface area contributed by atoms with Gasteiger partial charge in [-0.05, 0) is 28.1 Å². The summed E-state index contributed by atoms with van der Waals surface area (Å²) in [5.74, 6) is -1.27. The highest BCUT2D eigenvalue weighted by Gasteiger charge is 2.21. The van der Waals surface area contributed by atoms with Crippen molar-refractivity contribution in [2.75, 3.05) is 12.4 Å². The largest absolute Gasteiger partial charge is 0.464 e. The van der Waals surface area contributed by atoms with Crippen LogP contribution >= 0.6 is 15.9 Å². The molecule has 110 valence electrons. The molecular weight excluding hydrogens is 345 g/mol. The maximum atomic E-state index is 13.7. The van der Waals surface area contributed by atoms with Gasteiger partial charge < -0.3 is 10.1 Å². The number of rotatable bonds is 3. The standard InChI is InChI=1S/C13H11BrFN3O3/c1-18-12(19)9(14)10(11(17-18)13(20)21-2)16-8-6-4-3-5-7(8)15/h3-6,16H,1-2H3. The number of esters is 1. The fourth-order valence-corrected chi connectivity index (χ4v) is 2.19. The predicted octanol–water partition coefficient (Wildman–Crippen LogP) is 2.21. The molecule has 0 unspecified atom stereocenters. The van der Waals surface area contributed by atoms with E-state index in [4.69, 9.17) is 0 Å². The van der Waals surface area contributed by atoms with Gasteiger partial charge in [0.25, 0.3) is 5.56 Å². The first-order valence-electron chi connectivity index (χ1n) is 5.82. The zero-order valence-corrected chi connectivity index (χ0v) is 12.8. The number of nitrogens with one attached hydrogen (secondary N) is 1. The van der Waals surface area contributed by atoms with Gasteiger partial charge in [0.2, 0.25) is 0 Å². The van der Waals surface area contributed by atoms with Crippen LogP contribution in [0, 0.1) is 5.82 Å². The molecule has 2 aromatic rings. The first-order chi connectivity index (χ1) is 9.95. The molecule has 0 amide bonds. The summed E-state index contributed by atoms with van der Waals surface area (Å²) in [5.41, 5.74) is -0.440. The Kier molecular flexibility index (Phi) is 4.37. The van der Waals surface area contributed by atoms with Gasteiger partial charge in [-0.1, -0.05) is 12.1 Å². The minimum atomic E-state index is -0.745. The first-order valence-corrected chi connectivity index (χ1v) is 6.61. The maximum absolute atomic E-state index is 13.7. The molecule has 0 saturated heterocycles. The lowest BCUT2D eigenvalue weighted by atomic mass is 10.2. The number of hydrogen-bond donors (Lipinski definition) is 1. The van der Waals surface area contributed by atoms with E-state index in [-0.39, 0.29) is 21.5 Å². The number of aryl methyl sites for hydroxylation is 1. The van der Waals surface area contributed by atoms with E-state index in [2.05, 4.69) is 31.1 Å². The molecule has 0 atom stereocenters. The van der Waals surface area contributed by atoms with E-state index in [1.54, 1.807) is 6.07 Å². The SMILES string of the molecule is COC(=O)c1nn(C)c(=O)c(Br)c1Nc1ccccc1F. The molecule has 0 aliphatic carbocycles. The number of carbonyl (C=O) groups is 1. The van der Waals surface area contributed by atoms with Gasteiger partial charge in [0.05, 0.1) is 18.5 Å². The van der Waals surface area contributed by atoms with Crippen molar-refractivity contribution in [2.24, 2.45) is 7.05 Å². The second kappa shape index (κ2) is 6.04. The number of methoxy groups -OCH3 is 1. The van der Waals surface area contributed by atoms with E-state index in [1.165, 1.54) is 32.4 Å². The Balaban J connectivity index is 2.61. The second-order valence-corrected chi connectivity index (χ2v) is 4.86. The number of carbonyl (C=O) groups excluding carboxylic acids is 1. The Morgan fingerprint density at radius 1 is 1.43 bits per heavy atom. The normalized spacial score (nSPS) is 10.3. The molecule has 0 fully saturated rings. The third kappa shape index (κ3) is 2.94. The molecule has 0 aliphatic heterocycles. The molecule has 0 bridgehead atoms. The van der Waals surface area contributed by atoms with Gasteiger partial charge in [-0.25, -0.2) is 13.9 Å². The van der Waals surface area contributed by atoms with E-state index in [9.17, 15) is 14.0 Å². The summed E-state index contributed by atoms with van der Waals surface area (Å²) >= 11 is 3.10. The highest BCUT2D eigenvalue weighted by molar-refractivity contribution is 9.10. The molecule has 0 aliphatic rings. The first kappa shape index (κ1) is 15.2. The van der Waals surface area contributed by atoms with Crippen LogP contribution < -0.4 is 10.9 Å². The third-order valence-electron chi connectivity index (χ3n) is 2.70. The molecule has 8 heteroatoms. The Bertz CT molecular complexity index is 761. The van der Waals surface area contributed by atoms with Crippen molar-refractivity contribution in [3.63, 3.8) is 0 Å². The summed E-state index contributed by atoms with van der Waals surface area (Å²) in [4.78, 5) is 23.7. The molecule has 2 rings (SSSR count). The summed E-state index contributed by atoms with van der Waals surface area (Å²) in [5, 5.41) is 6.54. The lowest BCUT2D eigenvalue weighted by molar-refractivity contribution is 0.0592. The van der Waals surface area contributed by atoms with Crippen molar-refractivity contribution in [1.82, 2.24) is 9.78 Å². The number of ether oxygens (including phenoxy) is 1. The molecule has 1 aromatic carbocycles. The van der Waals surface area contributed by atoms with Gasteiger partial charge in [0.1, 0.15) is 10.3 Å². The van der Waals surface area contributed by atoms with Crippen molar-refractivity contribution in [1.29, 1.82) is 0 Å². The van der Waals surface area contributed by atoms with Crippen LogP contribution in [0.3, 0.4) is 0 Å². The smallest absolute Gasteiger partial charge is 0.360 e. The average molecular weight is 356 g/mol. The van der Waals surface area contributed by atoms with E-state index < -0.39 is 17.3 Å². The molecule has 6 nitrogen and oxygen atoms in total. The predicted molar refractivity (Wildman–Crippen MR) is 78.2 cm³/mol. The molecule has 1 heterocycles. The number of anilines is 2. The minimum Gasteiger partial charge on any atom is -0.464 e. The number of benzene rings is 1. The summed E-state index contributed by atoms with van der Waals surface area (Å²) in [6.45, 7) is 0. The zero-order chi connectivity index (χ0) is 15.6. The summed E-state index contributed by atoms with van der Waals surface area (Å²) in [6.07, 6.45) is 0. The number of nitrogens with zero attached hydrogens (tertiary/aromatic N) is 2. The summed E-state index contributed by atoms with van der Waals surface area (Å²) < 4.78 is 19.4. The van der Waals surface area contributed by atoms with E-state index >= 15 is 0 Å². The van der Waals surface area contributed by atoms with Gasteiger partial charge in [0.15, 0.2) is 5.69 Å². The second-order valence-electron chi connectivity index (χ2n) is 4.06. The van der Waals surface area contributed by atoms with Crippen LogP contribution in [-0.4, -0.2) is 22.9 Å². The molecule has 0 spiro atoms. The van der Waals surface area contributed by atoms with Crippen molar-refractivity contribution in [3.05, 3.63) is 50.6 Å². The van der Waals surface area contributed by atoms with E-state index in [0.717, 1.165) is 4.68 Å². The van der Waals surface area contributed by atoms with Crippen molar-refractivity contribution < 1.29 is 13.9 Å².